The van der Waals surface area contributed by atoms with Crippen LogP contribution >= 0.6 is 0 Å². The fraction of sp³-hybridized carbons (Fsp3) is 0.500. The van der Waals surface area contributed by atoms with Gasteiger partial charge in [-0.1, -0.05) is 42.0 Å². The molecule has 0 saturated heterocycles. The number of carbonyl (C=O) groups excluding carboxylic acids is 1. The first-order chi connectivity index (χ1) is 10.7. The van der Waals surface area contributed by atoms with E-state index in [1.165, 1.54) is 4.90 Å². The zero-order valence-corrected chi connectivity index (χ0v) is 14.3. The van der Waals surface area contributed by atoms with Crippen molar-refractivity contribution in [3.05, 3.63) is 41.5 Å². The van der Waals surface area contributed by atoms with Crippen molar-refractivity contribution in [2.45, 2.75) is 39.4 Å². The molecule has 1 rings (SSSR count). The molecule has 0 aliphatic carbocycles. The summed E-state index contributed by atoms with van der Waals surface area (Å²) in [7, 11) is 0. The van der Waals surface area contributed by atoms with Crippen LogP contribution in [0, 0.1) is 0 Å². The Morgan fingerprint density at radius 2 is 1.91 bits per heavy atom. The molecular weight excluding hydrogens is 294 g/mol. The van der Waals surface area contributed by atoms with Gasteiger partial charge in [0.2, 0.25) is 0 Å². The Kier molecular flexibility index (Phi) is 7.26. The van der Waals surface area contributed by atoms with Crippen LogP contribution in [0.2, 0.25) is 0 Å². The normalized spacial score (nSPS) is 13.6. The molecular formula is C18H27NO4. The van der Waals surface area contributed by atoms with E-state index in [1.54, 1.807) is 20.8 Å². The summed E-state index contributed by atoms with van der Waals surface area (Å²) in [5.74, 6) is 0. The number of carbonyl (C=O) groups is 1. The summed E-state index contributed by atoms with van der Waals surface area (Å²) >= 11 is 0. The number of amides is 1. The van der Waals surface area contributed by atoms with Crippen molar-refractivity contribution in [3.8, 4) is 0 Å². The van der Waals surface area contributed by atoms with Crippen LogP contribution in [0.1, 0.15) is 33.3 Å². The summed E-state index contributed by atoms with van der Waals surface area (Å²) in [5, 5.41) is 18.7. The van der Waals surface area contributed by atoms with E-state index in [2.05, 4.69) is 0 Å². The lowest BCUT2D eigenvalue weighted by atomic mass is 10.1. The molecule has 23 heavy (non-hydrogen) atoms. The number of benzene rings is 1. The van der Waals surface area contributed by atoms with Gasteiger partial charge in [-0.3, -0.25) is 0 Å². The number of nitrogens with zero attached hydrogens (tertiary/aromatic N) is 1. The number of rotatable bonds is 6. The Labute approximate surface area is 138 Å². The summed E-state index contributed by atoms with van der Waals surface area (Å²) in [5.41, 5.74) is 1.38. The monoisotopic (exact) mass is 321 g/mol. The molecule has 5 nitrogen and oxygen atoms in total. The SMILES string of the molecule is C/C(=C/c1ccccc1)CN(CC(O)CO)C(=O)OC(C)(C)C. The third-order valence-corrected chi connectivity index (χ3v) is 2.95. The lowest BCUT2D eigenvalue weighted by Crippen LogP contribution is -2.42. The van der Waals surface area contributed by atoms with Crippen molar-refractivity contribution in [3.63, 3.8) is 0 Å². The molecule has 0 spiro atoms. The molecule has 1 unspecified atom stereocenters. The molecule has 1 aromatic carbocycles. The van der Waals surface area contributed by atoms with Gasteiger partial charge < -0.3 is 19.8 Å². The molecule has 0 aliphatic heterocycles. The Morgan fingerprint density at radius 3 is 2.43 bits per heavy atom. The summed E-state index contributed by atoms with van der Waals surface area (Å²) in [4.78, 5) is 13.7. The number of ether oxygens (including phenoxy) is 1. The van der Waals surface area contributed by atoms with Crippen molar-refractivity contribution < 1.29 is 19.7 Å². The standard InChI is InChI=1S/C18H27NO4/c1-14(10-15-8-6-5-7-9-15)11-19(12-16(21)13-20)17(22)23-18(2,3)4/h5-10,16,20-21H,11-13H2,1-4H3/b14-10-. The van der Waals surface area contributed by atoms with Gasteiger partial charge in [0, 0.05) is 6.54 Å². The summed E-state index contributed by atoms with van der Waals surface area (Å²) in [6, 6.07) is 9.78. The van der Waals surface area contributed by atoms with Crippen LogP contribution < -0.4 is 0 Å². The zero-order valence-electron chi connectivity index (χ0n) is 14.3. The summed E-state index contributed by atoms with van der Waals surface area (Å²) < 4.78 is 5.36. The maximum Gasteiger partial charge on any atom is 0.410 e. The van der Waals surface area contributed by atoms with E-state index >= 15 is 0 Å². The van der Waals surface area contributed by atoms with Crippen LogP contribution in [0.5, 0.6) is 0 Å². The van der Waals surface area contributed by atoms with Crippen molar-refractivity contribution in [2.24, 2.45) is 0 Å². The molecule has 0 heterocycles. The molecule has 1 amide bonds. The van der Waals surface area contributed by atoms with E-state index in [-0.39, 0.29) is 6.54 Å². The highest BCUT2D eigenvalue weighted by Gasteiger charge is 2.24. The molecule has 1 atom stereocenters. The smallest absolute Gasteiger partial charge is 0.410 e. The fourth-order valence-corrected chi connectivity index (χ4v) is 2.02. The molecule has 0 fully saturated rings. The molecule has 0 aromatic heterocycles. The second-order valence-electron chi connectivity index (χ2n) is 6.60. The highest BCUT2D eigenvalue weighted by Crippen LogP contribution is 2.13. The van der Waals surface area contributed by atoms with Gasteiger partial charge in [-0.2, -0.15) is 0 Å². The number of hydrogen-bond donors (Lipinski definition) is 2. The molecule has 5 heteroatoms. The van der Waals surface area contributed by atoms with E-state index in [4.69, 9.17) is 9.84 Å². The van der Waals surface area contributed by atoms with E-state index < -0.39 is 24.4 Å². The van der Waals surface area contributed by atoms with Gasteiger partial charge in [0.25, 0.3) is 0 Å². The predicted molar refractivity (Wildman–Crippen MR) is 91.0 cm³/mol. The summed E-state index contributed by atoms with van der Waals surface area (Å²) in [6.07, 6.45) is 0.473. The van der Waals surface area contributed by atoms with E-state index in [0.29, 0.717) is 6.54 Å². The van der Waals surface area contributed by atoms with Gasteiger partial charge in [-0.05, 0) is 33.3 Å². The van der Waals surface area contributed by atoms with Gasteiger partial charge in [0.05, 0.1) is 19.3 Å². The predicted octanol–water partition coefficient (Wildman–Crippen LogP) is 2.68. The van der Waals surface area contributed by atoms with Gasteiger partial charge in [-0.15, -0.1) is 0 Å². The maximum atomic E-state index is 12.3. The van der Waals surface area contributed by atoms with E-state index in [1.807, 2.05) is 43.3 Å². The number of aliphatic hydroxyl groups is 2. The highest BCUT2D eigenvalue weighted by molar-refractivity contribution is 5.69. The molecule has 0 radical (unpaired) electrons. The fourth-order valence-electron chi connectivity index (χ4n) is 2.02. The van der Waals surface area contributed by atoms with Crippen LogP contribution in [0.3, 0.4) is 0 Å². The van der Waals surface area contributed by atoms with Crippen molar-refractivity contribution in [1.82, 2.24) is 4.90 Å². The van der Waals surface area contributed by atoms with Gasteiger partial charge >= 0.3 is 6.09 Å². The maximum absolute atomic E-state index is 12.3. The molecule has 0 aliphatic rings. The van der Waals surface area contributed by atoms with Crippen LogP contribution in [0.15, 0.2) is 35.9 Å². The van der Waals surface area contributed by atoms with Crippen molar-refractivity contribution in [1.29, 1.82) is 0 Å². The highest BCUT2D eigenvalue weighted by atomic mass is 16.6. The van der Waals surface area contributed by atoms with Crippen LogP contribution in [-0.2, 0) is 4.74 Å². The first-order valence-corrected chi connectivity index (χ1v) is 7.70. The quantitative estimate of drug-likeness (QED) is 0.845. The van der Waals surface area contributed by atoms with Gasteiger partial charge in [0.1, 0.15) is 5.60 Å². The molecule has 128 valence electrons. The van der Waals surface area contributed by atoms with Gasteiger partial charge in [0.15, 0.2) is 0 Å². The third-order valence-electron chi connectivity index (χ3n) is 2.95. The Bertz CT molecular complexity index is 520. The van der Waals surface area contributed by atoms with Crippen LogP contribution in [0.4, 0.5) is 4.79 Å². The first-order valence-electron chi connectivity index (χ1n) is 7.70. The Hall–Kier alpha value is -1.85. The molecule has 1 aromatic rings. The molecule has 0 saturated carbocycles. The first kappa shape index (κ1) is 19.2. The lowest BCUT2D eigenvalue weighted by molar-refractivity contribution is 0.00967. The van der Waals surface area contributed by atoms with Gasteiger partial charge in [-0.25, -0.2) is 4.79 Å². The minimum absolute atomic E-state index is 0.0192. The summed E-state index contributed by atoms with van der Waals surface area (Å²) in [6.45, 7) is 7.22. The average Bonchev–Trinajstić information content (AvgIpc) is 2.45. The topological polar surface area (TPSA) is 70.0 Å². The molecule has 2 N–H and O–H groups in total. The Morgan fingerprint density at radius 1 is 1.30 bits per heavy atom. The van der Waals surface area contributed by atoms with E-state index in [9.17, 15) is 9.90 Å². The van der Waals surface area contributed by atoms with Crippen molar-refractivity contribution >= 4 is 12.2 Å². The number of aliphatic hydroxyl groups excluding tert-OH is 2. The minimum Gasteiger partial charge on any atom is -0.444 e. The average molecular weight is 321 g/mol. The van der Waals surface area contributed by atoms with Crippen LogP contribution in [0.25, 0.3) is 6.08 Å². The largest absolute Gasteiger partial charge is 0.444 e. The number of hydrogen-bond acceptors (Lipinski definition) is 4. The lowest BCUT2D eigenvalue weighted by Gasteiger charge is -2.28. The second-order valence-corrected chi connectivity index (χ2v) is 6.60. The Balaban J connectivity index is 2.83. The van der Waals surface area contributed by atoms with Crippen LogP contribution in [-0.4, -0.2) is 52.6 Å². The third kappa shape index (κ3) is 7.81. The molecule has 0 bridgehead atoms. The zero-order chi connectivity index (χ0) is 17.5. The van der Waals surface area contributed by atoms with Crippen molar-refractivity contribution in [2.75, 3.05) is 19.7 Å². The second kappa shape index (κ2) is 8.70. The minimum atomic E-state index is -0.993. The van der Waals surface area contributed by atoms with E-state index in [0.717, 1.165) is 11.1 Å².